The fraction of sp³-hybridized carbons (Fsp3) is 0.379. The van der Waals surface area contributed by atoms with Crippen molar-refractivity contribution in [1.82, 2.24) is 0 Å². The summed E-state index contributed by atoms with van der Waals surface area (Å²) >= 11 is 0. The van der Waals surface area contributed by atoms with Gasteiger partial charge in [-0.3, -0.25) is 0 Å². The van der Waals surface area contributed by atoms with E-state index >= 15 is 0 Å². The lowest BCUT2D eigenvalue weighted by Crippen LogP contribution is -2.32. The van der Waals surface area contributed by atoms with Crippen molar-refractivity contribution in [2.24, 2.45) is 5.92 Å². The number of fused-ring (bicyclic) bond motifs is 1. The quantitative estimate of drug-likeness (QED) is 0.145. The summed E-state index contributed by atoms with van der Waals surface area (Å²) in [5.41, 5.74) is 0.331. The van der Waals surface area contributed by atoms with Crippen LogP contribution in [0.1, 0.15) is 55.7 Å². The first-order valence-corrected chi connectivity index (χ1v) is 12.2. The first kappa shape index (κ1) is 26.1. The van der Waals surface area contributed by atoms with Crippen LogP contribution in [0.15, 0.2) is 36.4 Å². The standard InChI is InChI=1S/C29H27F5O2/c1-2-3-4-5-20-16-35-27(36-17-20)11-8-19-13-24(30)23(25(31)14-19)10-7-18-6-9-22-21(12-18)15-26(32)29(34)28(22)33/h6,9,12-15,20,27H,2-5,8,11,16-17H2,1H3. The first-order valence-electron chi connectivity index (χ1n) is 12.2. The molecule has 0 saturated carbocycles. The molecule has 3 aromatic carbocycles. The maximum Gasteiger partial charge on any atom is 0.195 e. The van der Waals surface area contributed by atoms with Gasteiger partial charge in [-0.25, -0.2) is 22.0 Å². The molecule has 0 aromatic heterocycles. The summed E-state index contributed by atoms with van der Waals surface area (Å²) in [7, 11) is 0. The molecule has 0 aliphatic carbocycles. The summed E-state index contributed by atoms with van der Waals surface area (Å²) < 4.78 is 81.6. The van der Waals surface area contributed by atoms with Crippen molar-refractivity contribution in [1.29, 1.82) is 0 Å². The zero-order valence-corrected chi connectivity index (χ0v) is 20.0. The van der Waals surface area contributed by atoms with E-state index in [-0.39, 0.29) is 16.3 Å². The van der Waals surface area contributed by atoms with Crippen LogP contribution < -0.4 is 0 Å². The van der Waals surface area contributed by atoms with Gasteiger partial charge in [0, 0.05) is 23.3 Å². The van der Waals surface area contributed by atoms with Crippen LogP contribution >= 0.6 is 0 Å². The van der Waals surface area contributed by atoms with Crippen LogP contribution in [0.5, 0.6) is 0 Å². The van der Waals surface area contributed by atoms with E-state index in [1.165, 1.54) is 43.2 Å². The Labute approximate surface area is 207 Å². The maximum atomic E-state index is 14.6. The second kappa shape index (κ2) is 11.9. The normalized spacial score (nSPS) is 17.7. The van der Waals surface area contributed by atoms with E-state index in [9.17, 15) is 22.0 Å². The van der Waals surface area contributed by atoms with Gasteiger partial charge in [-0.05, 0) is 54.1 Å². The number of halogens is 5. The molecule has 0 spiro atoms. The fourth-order valence-corrected chi connectivity index (χ4v) is 4.29. The molecule has 1 fully saturated rings. The average molecular weight is 503 g/mol. The molecule has 36 heavy (non-hydrogen) atoms. The van der Waals surface area contributed by atoms with Crippen LogP contribution in [-0.2, 0) is 15.9 Å². The number of unbranched alkanes of at least 4 members (excludes halogenated alkanes) is 2. The van der Waals surface area contributed by atoms with Crippen LogP contribution in [0.25, 0.3) is 10.8 Å². The SMILES string of the molecule is CCCCCC1COC(CCc2cc(F)c(C#Cc3ccc4c(F)c(F)c(F)cc4c3)c(F)c2)OC1. The minimum Gasteiger partial charge on any atom is -0.352 e. The molecule has 2 nitrogen and oxygen atoms in total. The lowest BCUT2D eigenvalue weighted by molar-refractivity contribution is -0.203. The van der Waals surface area contributed by atoms with E-state index in [1.54, 1.807) is 0 Å². The molecule has 0 bridgehead atoms. The van der Waals surface area contributed by atoms with Gasteiger partial charge in [-0.2, -0.15) is 0 Å². The predicted molar refractivity (Wildman–Crippen MR) is 128 cm³/mol. The molecule has 1 heterocycles. The fourth-order valence-electron chi connectivity index (χ4n) is 4.29. The van der Waals surface area contributed by atoms with Crippen LogP contribution in [0.2, 0.25) is 0 Å². The number of ether oxygens (including phenoxy) is 2. The van der Waals surface area contributed by atoms with E-state index in [4.69, 9.17) is 9.47 Å². The molecule has 1 aliphatic rings. The van der Waals surface area contributed by atoms with Crippen molar-refractivity contribution in [2.75, 3.05) is 13.2 Å². The summed E-state index contributed by atoms with van der Waals surface area (Å²) in [4.78, 5) is 0. The predicted octanol–water partition coefficient (Wildman–Crippen LogP) is 7.44. The van der Waals surface area contributed by atoms with Crippen LogP contribution in [-0.4, -0.2) is 19.5 Å². The Hall–Kier alpha value is -2.95. The number of aryl methyl sites for hydroxylation is 1. The molecule has 1 saturated heterocycles. The summed E-state index contributed by atoms with van der Waals surface area (Å²) in [5.74, 6) is -0.347. The Morgan fingerprint density at radius 3 is 2.22 bits per heavy atom. The van der Waals surface area contributed by atoms with Gasteiger partial charge in [0.25, 0.3) is 0 Å². The third-order valence-corrected chi connectivity index (χ3v) is 6.33. The zero-order valence-electron chi connectivity index (χ0n) is 20.0. The first-order chi connectivity index (χ1) is 17.4. The molecule has 1 aliphatic heterocycles. The Kier molecular flexibility index (Phi) is 8.60. The van der Waals surface area contributed by atoms with Crippen molar-refractivity contribution < 1.29 is 31.4 Å². The van der Waals surface area contributed by atoms with E-state index in [0.29, 0.717) is 37.5 Å². The van der Waals surface area contributed by atoms with Crippen molar-refractivity contribution in [2.45, 2.75) is 51.7 Å². The Morgan fingerprint density at radius 2 is 1.53 bits per heavy atom. The van der Waals surface area contributed by atoms with Gasteiger partial charge in [0.15, 0.2) is 23.7 Å². The number of benzene rings is 3. The molecule has 190 valence electrons. The molecule has 0 amide bonds. The van der Waals surface area contributed by atoms with Gasteiger partial charge in [0.2, 0.25) is 0 Å². The monoisotopic (exact) mass is 502 g/mol. The second-order valence-corrected chi connectivity index (χ2v) is 9.10. The third kappa shape index (κ3) is 6.24. The molecular formula is C29H27F5O2. The summed E-state index contributed by atoms with van der Waals surface area (Å²) in [6.45, 7) is 3.43. The van der Waals surface area contributed by atoms with Gasteiger partial charge < -0.3 is 9.47 Å². The highest BCUT2D eigenvalue weighted by Gasteiger charge is 2.22. The second-order valence-electron chi connectivity index (χ2n) is 9.10. The van der Waals surface area contributed by atoms with E-state index in [1.807, 2.05) is 0 Å². The van der Waals surface area contributed by atoms with Crippen LogP contribution in [0, 0.1) is 46.8 Å². The van der Waals surface area contributed by atoms with Crippen molar-refractivity contribution in [3.05, 3.63) is 82.2 Å². The van der Waals surface area contributed by atoms with Crippen LogP contribution in [0.3, 0.4) is 0 Å². The van der Waals surface area contributed by atoms with Gasteiger partial charge in [0.1, 0.15) is 11.6 Å². The molecule has 3 aromatic rings. The third-order valence-electron chi connectivity index (χ3n) is 6.33. The Morgan fingerprint density at radius 1 is 0.806 bits per heavy atom. The van der Waals surface area contributed by atoms with Gasteiger partial charge in [-0.15, -0.1) is 0 Å². The number of hydrogen-bond acceptors (Lipinski definition) is 2. The Bertz CT molecular complexity index is 1260. The topological polar surface area (TPSA) is 18.5 Å². The molecule has 7 heteroatoms. The highest BCUT2D eigenvalue weighted by molar-refractivity contribution is 5.84. The highest BCUT2D eigenvalue weighted by Crippen LogP contribution is 2.25. The highest BCUT2D eigenvalue weighted by atomic mass is 19.2. The average Bonchev–Trinajstić information content (AvgIpc) is 2.86. The molecule has 0 N–H and O–H groups in total. The van der Waals surface area contributed by atoms with Crippen molar-refractivity contribution >= 4 is 10.8 Å². The van der Waals surface area contributed by atoms with Crippen molar-refractivity contribution in [3.8, 4) is 11.8 Å². The molecule has 0 radical (unpaired) electrons. The van der Waals surface area contributed by atoms with E-state index < -0.39 is 40.9 Å². The van der Waals surface area contributed by atoms with Gasteiger partial charge in [0.05, 0.1) is 18.8 Å². The van der Waals surface area contributed by atoms with Crippen LogP contribution in [0.4, 0.5) is 22.0 Å². The molecular weight excluding hydrogens is 475 g/mol. The minimum absolute atomic E-state index is 0.0916. The number of rotatable bonds is 7. The van der Waals surface area contributed by atoms with Gasteiger partial charge >= 0.3 is 0 Å². The van der Waals surface area contributed by atoms with Gasteiger partial charge in [-0.1, -0.05) is 44.1 Å². The Balaban J connectivity index is 1.39. The van der Waals surface area contributed by atoms with Crippen molar-refractivity contribution in [3.63, 3.8) is 0 Å². The summed E-state index contributed by atoms with van der Waals surface area (Å²) in [5, 5.41) is -0.0203. The van der Waals surface area contributed by atoms with E-state index in [2.05, 4.69) is 18.8 Å². The maximum absolute atomic E-state index is 14.6. The minimum atomic E-state index is -1.56. The lowest BCUT2D eigenvalue weighted by Gasteiger charge is -2.29. The largest absolute Gasteiger partial charge is 0.352 e. The molecule has 0 atom stereocenters. The molecule has 0 unspecified atom stereocenters. The summed E-state index contributed by atoms with van der Waals surface area (Å²) in [6.07, 6.45) is 5.06. The number of hydrogen-bond donors (Lipinski definition) is 0. The smallest absolute Gasteiger partial charge is 0.195 e. The molecule has 4 rings (SSSR count). The summed E-state index contributed by atoms with van der Waals surface area (Å²) in [6, 6.07) is 7.26. The zero-order chi connectivity index (χ0) is 25.7. The lowest BCUT2D eigenvalue weighted by atomic mass is 10.0. The van der Waals surface area contributed by atoms with E-state index in [0.717, 1.165) is 18.9 Å².